The molecule has 0 spiro atoms. The number of para-hydroxylation sites is 1. The quantitative estimate of drug-likeness (QED) is 0.782. The molecule has 1 aromatic carbocycles. The molecule has 1 aromatic rings. The minimum atomic E-state index is -1.53. The molecule has 1 saturated heterocycles. The minimum Gasteiger partial charge on any atom is -0.544 e. The van der Waals surface area contributed by atoms with Crippen LogP contribution in [0.4, 0.5) is 0 Å². The molecule has 0 atom stereocenters. The van der Waals surface area contributed by atoms with E-state index in [0.29, 0.717) is 0 Å². The standard InChI is InChI=1S/C13H21O2Si2/c1-17(2,3)15-12-8-4-5-9-13(12)16-11-7-6-10-14-16/h4-5,8-9H,6-7,10-11H2,1-3H3. The highest BCUT2D eigenvalue weighted by Gasteiger charge is 2.25. The van der Waals surface area contributed by atoms with Gasteiger partial charge in [0.15, 0.2) is 0 Å². The van der Waals surface area contributed by atoms with E-state index in [9.17, 15) is 0 Å². The molecule has 2 rings (SSSR count). The lowest BCUT2D eigenvalue weighted by molar-refractivity contribution is 0.294. The van der Waals surface area contributed by atoms with Gasteiger partial charge < -0.3 is 8.85 Å². The summed E-state index contributed by atoms with van der Waals surface area (Å²) in [5.41, 5.74) is 0. The second kappa shape index (κ2) is 5.37. The summed E-state index contributed by atoms with van der Waals surface area (Å²) in [6, 6.07) is 9.67. The first kappa shape index (κ1) is 12.9. The van der Waals surface area contributed by atoms with Crippen LogP contribution in [0.2, 0.25) is 25.7 Å². The molecule has 1 aliphatic heterocycles. The van der Waals surface area contributed by atoms with Gasteiger partial charge in [-0.05, 0) is 38.2 Å². The summed E-state index contributed by atoms with van der Waals surface area (Å²) in [7, 11) is -2.36. The zero-order valence-electron chi connectivity index (χ0n) is 11.0. The van der Waals surface area contributed by atoms with Crippen molar-refractivity contribution in [3.8, 4) is 5.75 Å². The third kappa shape index (κ3) is 3.69. The molecule has 0 aliphatic carbocycles. The van der Waals surface area contributed by atoms with Crippen molar-refractivity contribution in [1.29, 1.82) is 0 Å². The summed E-state index contributed by atoms with van der Waals surface area (Å²) in [5, 5.41) is 1.33. The molecule has 0 saturated carbocycles. The summed E-state index contributed by atoms with van der Waals surface area (Å²) in [6.07, 6.45) is 2.51. The first-order valence-electron chi connectivity index (χ1n) is 6.33. The van der Waals surface area contributed by atoms with Crippen LogP contribution in [0.15, 0.2) is 24.3 Å². The number of hydrogen-bond donors (Lipinski definition) is 0. The lowest BCUT2D eigenvalue weighted by Crippen LogP contribution is -2.40. The lowest BCUT2D eigenvalue weighted by atomic mass is 10.3. The maximum Gasteiger partial charge on any atom is 0.250 e. The van der Waals surface area contributed by atoms with Gasteiger partial charge in [-0.2, -0.15) is 0 Å². The topological polar surface area (TPSA) is 18.5 Å². The Kier molecular flexibility index (Phi) is 4.06. The van der Waals surface area contributed by atoms with Gasteiger partial charge in [0, 0.05) is 11.8 Å². The molecule has 17 heavy (non-hydrogen) atoms. The molecule has 0 unspecified atom stereocenters. The molecular formula is C13H21O2Si2. The highest BCUT2D eigenvalue weighted by Crippen LogP contribution is 2.18. The zero-order valence-corrected chi connectivity index (χ0v) is 13.0. The zero-order chi connectivity index (χ0) is 12.3. The van der Waals surface area contributed by atoms with Gasteiger partial charge in [-0.3, -0.25) is 0 Å². The Morgan fingerprint density at radius 1 is 1.18 bits per heavy atom. The second-order valence-corrected chi connectivity index (χ2v) is 12.0. The Morgan fingerprint density at radius 3 is 2.59 bits per heavy atom. The summed E-state index contributed by atoms with van der Waals surface area (Å²) >= 11 is 0. The Labute approximate surface area is 107 Å². The first-order valence-corrected chi connectivity index (χ1v) is 11.4. The molecule has 0 N–H and O–H groups in total. The molecule has 4 heteroatoms. The molecular weight excluding hydrogens is 244 g/mol. The van der Waals surface area contributed by atoms with Crippen LogP contribution >= 0.6 is 0 Å². The second-order valence-electron chi connectivity index (χ2n) is 5.44. The van der Waals surface area contributed by atoms with Crippen LogP contribution in [-0.4, -0.2) is 24.0 Å². The largest absolute Gasteiger partial charge is 0.544 e. The van der Waals surface area contributed by atoms with Crippen molar-refractivity contribution in [2.24, 2.45) is 0 Å². The monoisotopic (exact) mass is 265 g/mol. The van der Waals surface area contributed by atoms with E-state index in [1.165, 1.54) is 24.1 Å². The van der Waals surface area contributed by atoms with E-state index in [4.69, 9.17) is 8.85 Å². The van der Waals surface area contributed by atoms with Crippen molar-refractivity contribution in [1.82, 2.24) is 0 Å². The first-order chi connectivity index (χ1) is 8.06. The molecule has 1 fully saturated rings. The predicted octanol–water partition coefficient (Wildman–Crippen LogP) is 2.91. The van der Waals surface area contributed by atoms with Gasteiger partial charge in [0.25, 0.3) is 0 Å². The molecule has 93 valence electrons. The number of rotatable bonds is 3. The van der Waals surface area contributed by atoms with Crippen molar-refractivity contribution in [3.05, 3.63) is 24.3 Å². The van der Waals surface area contributed by atoms with E-state index in [1.807, 2.05) is 0 Å². The molecule has 2 nitrogen and oxygen atoms in total. The minimum absolute atomic E-state index is 0.830. The van der Waals surface area contributed by atoms with E-state index in [1.54, 1.807) is 0 Å². The van der Waals surface area contributed by atoms with Crippen LogP contribution in [0.5, 0.6) is 5.75 Å². The molecule has 1 heterocycles. The average Bonchev–Trinajstić information content (AvgIpc) is 2.29. The van der Waals surface area contributed by atoms with E-state index in [0.717, 1.165) is 12.4 Å². The van der Waals surface area contributed by atoms with Crippen molar-refractivity contribution in [2.45, 2.75) is 38.5 Å². The fourth-order valence-corrected chi connectivity index (χ4v) is 5.15. The molecule has 1 radical (unpaired) electrons. The molecule has 0 aromatic heterocycles. The fraction of sp³-hybridized carbons (Fsp3) is 0.538. The van der Waals surface area contributed by atoms with E-state index < -0.39 is 17.4 Å². The van der Waals surface area contributed by atoms with Crippen LogP contribution in [0.1, 0.15) is 12.8 Å². The summed E-state index contributed by atoms with van der Waals surface area (Å²) in [6.45, 7) is 7.60. The summed E-state index contributed by atoms with van der Waals surface area (Å²) in [5.74, 6) is 1.07. The van der Waals surface area contributed by atoms with E-state index in [2.05, 4.69) is 43.9 Å². The number of hydrogen-bond acceptors (Lipinski definition) is 2. The van der Waals surface area contributed by atoms with Crippen LogP contribution < -0.4 is 9.61 Å². The Hall–Kier alpha value is -0.586. The maximum absolute atomic E-state index is 6.17. The third-order valence-corrected chi connectivity index (χ3v) is 5.88. The van der Waals surface area contributed by atoms with Gasteiger partial charge in [-0.1, -0.05) is 24.6 Å². The molecule has 0 amide bonds. The maximum atomic E-state index is 6.17. The lowest BCUT2D eigenvalue weighted by Gasteiger charge is -2.26. The predicted molar refractivity (Wildman–Crippen MR) is 75.8 cm³/mol. The Morgan fingerprint density at radius 2 is 1.94 bits per heavy atom. The van der Waals surface area contributed by atoms with Gasteiger partial charge in [-0.25, -0.2) is 0 Å². The van der Waals surface area contributed by atoms with Crippen LogP contribution in [0.3, 0.4) is 0 Å². The van der Waals surface area contributed by atoms with Gasteiger partial charge >= 0.3 is 0 Å². The van der Waals surface area contributed by atoms with Crippen LogP contribution in [-0.2, 0) is 4.43 Å². The highest BCUT2D eigenvalue weighted by atomic mass is 28.4. The van der Waals surface area contributed by atoms with E-state index >= 15 is 0 Å². The van der Waals surface area contributed by atoms with Gasteiger partial charge in [0.1, 0.15) is 5.75 Å². The van der Waals surface area contributed by atoms with Crippen molar-refractivity contribution >= 4 is 22.5 Å². The van der Waals surface area contributed by atoms with Crippen molar-refractivity contribution in [2.75, 3.05) is 6.61 Å². The van der Waals surface area contributed by atoms with Gasteiger partial charge in [-0.15, -0.1) is 0 Å². The number of benzene rings is 1. The van der Waals surface area contributed by atoms with Crippen LogP contribution in [0.25, 0.3) is 0 Å². The molecule has 1 aliphatic rings. The SMILES string of the molecule is C[Si](C)(C)Oc1ccccc1[Si]1CCCCO1. The molecule has 0 bridgehead atoms. The summed E-state index contributed by atoms with van der Waals surface area (Å²) < 4.78 is 12.1. The highest BCUT2D eigenvalue weighted by molar-refractivity contribution is 6.72. The van der Waals surface area contributed by atoms with Crippen molar-refractivity contribution in [3.63, 3.8) is 0 Å². The van der Waals surface area contributed by atoms with E-state index in [-0.39, 0.29) is 0 Å². The Bertz CT molecular complexity index is 368. The fourth-order valence-electron chi connectivity index (χ4n) is 1.98. The van der Waals surface area contributed by atoms with Crippen LogP contribution in [0, 0.1) is 0 Å². The Balaban J connectivity index is 2.20. The smallest absolute Gasteiger partial charge is 0.250 e. The average molecular weight is 265 g/mol. The van der Waals surface area contributed by atoms with Gasteiger partial charge in [0.2, 0.25) is 17.4 Å². The third-order valence-electron chi connectivity index (χ3n) is 2.68. The summed E-state index contributed by atoms with van der Waals surface area (Å²) in [4.78, 5) is 0. The van der Waals surface area contributed by atoms with Crippen molar-refractivity contribution < 1.29 is 8.85 Å². The normalized spacial score (nSPS) is 18.1. The van der Waals surface area contributed by atoms with Gasteiger partial charge in [0.05, 0.1) is 0 Å².